The zero-order valence-corrected chi connectivity index (χ0v) is 16.4. The molecule has 1 fully saturated rings. The lowest BCUT2D eigenvalue weighted by molar-refractivity contribution is -0.393. The number of anilines is 1. The fourth-order valence-electron chi connectivity index (χ4n) is 3.98. The van der Waals surface area contributed by atoms with Crippen molar-refractivity contribution in [1.29, 1.82) is 0 Å². The van der Waals surface area contributed by atoms with Crippen LogP contribution in [0.2, 0.25) is 0 Å². The highest BCUT2D eigenvalue weighted by Crippen LogP contribution is 2.42. The summed E-state index contributed by atoms with van der Waals surface area (Å²) in [5, 5.41) is 26.5. The zero-order chi connectivity index (χ0) is 20.2. The lowest BCUT2D eigenvalue weighted by atomic mass is 9.66. The predicted octanol–water partition coefficient (Wildman–Crippen LogP) is 5.53. The minimum atomic E-state index is -0.647. The van der Waals surface area contributed by atoms with Crippen molar-refractivity contribution < 1.29 is 9.85 Å². The van der Waals surface area contributed by atoms with Crippen LogP contribution in [0.1, 0.15) is 59.8 Å². The lowest BCUT2D eigenvalue weighted by Gasteiger charge is -2.39. The average Bonchev–Trinajstić information content (AvgIpc) is 2.59. The van der Waals surface area contributed by atoms with Gasteiger partial charge in [0, 0.05) is 11.8 Å². The van der Waals surface area contributed by atoms with Crippen LogP contribution in [0.25, 0.3) is 0 Å². The molecule has 1 aliphatic rings. The van der Waals surface area contributed by atoms with Crippen LogP contribution in [0.3, 0.4) is 0 Å². The molecule has 1 aromatic carbocycles. The van der Waals surface area contributed by atoms with Crippen LogP contribution in [-0.4, -0.2) is 15.6 Å². The average molecular weight is 376 g/mol. The Labute approximate surface area is 159 Å². The zero-order valence-electron chi connectivity index (χ0n) is 16.4. The number of benzene rings is 1. The normalized spacial score (nSPS) is 21.9. The number of nitro benzene ring substituents is 2. The molecule has 1 saturated carbocycles. The summed E-state index contributed by atoms with van der Waals surface area (Å²) in [6, 6.07) is 3.54. The predicted molar refractivity (Wildman–Crippen MR) is 106 cm³/mol. The van der Waals surface area contributed by atoms with Crippen molar-refractivity contribution in [3.05, 3.63) is 38.4 Å². The van der Waals surface area contributed by atoms with Crippen molar-refractivity contribution in [2.24, 2.45) is 22.4 Å². The van der Waals surface area contributed by atoms with E-state index in [1.54, 1.807) is 0 Å². The summed E-state index contributed by atoms with van der Waals surface area (Å²) in [5.74, 6) is 1.03. The van der Waals surface area contributed by atoms with Crippen LogP contribution in [0.5, 0.6) is 0 Å². The third-order valence-corrected chi connectivity index (χ3v) is 5.48. The topological polar surface area (TPSA) is 111 Å². The Balaban J connectivity index is 2.21. The third-order valence-electron chi connectivity index (χ3n) is 5.48. The van der Waals surface area contributed by atoms with Gasteiger partial charge in [-0.25, -0.2) is 0 Å². The van der Waals surface area contributed by atoms with E-state index in [1.165, 1.54) is 12.1 Å². The maximum Gasteiger partial charge on any atom is 0.301 e. The van der Waals surface area contributed by atoms with E-state index in [-0.39, 0.29) is 22.5 Å². The summed E-state index contributed by atoms with van der Waals surface area (Å²) in [7, 11) is 0. The number of hydrogen-bond acceptors (Lipinski definition) is 6. The molecule has 1 N–H and O–H groups in total. The van der Waals surface area contributed by atoms with Gasteiger partial charge in [0.1, 0.15) is 5.69 Å². The van der Waals surface area contributed by atoms with Gasteiger partial charge in [-0.3, -0.25) is 25.7 Å². The number of nitrogens with one attached hydrogen (secondary N) is 1. The van der Waals surface area contributed by atoms with Gasteiger partial charge in [-0.1, -0.05) is 34.1 Å². The van der Waals surface area contributed by atoms with E-state index in [0.29, 0.717) is 11.8 Å². The van der Waals surface area contributed by atoms with Crippen molar-refractivity contribution in [1.82, 2.24) is 0 Å². The lowest BCUT2D eigenvalue weighted by Crippen LogP contribution is -2.32. The maximum atomic E-state index is 11.2. The summed E-state index contributed by atoms with van der Waals surface area (Å²) < 4.78 is 0. The summed E-state index contributed by atoms with van der Waals surface area (Å²) in [6.45, 7) is 8.99. The Morgan fingerprint density at radius 2 is 1.93 bits per heavy atom. The molecule has 0 aliphatic heterocycles. The van der Waals surface area contributed by atoms with Gasteiger partial charge in [0.2, 0.25) is 0 Å². The van der Waals surface area contributed by atoms with Crippen LogP contribution in [-0.2, 0) is 0 Å². The molecule has 148 valence electrons. The van der Waals surface area contributed by atoms with Gasteiger partial charge in [0.05, 0.1) is 15.9 Å². The van der Waals surface area contributed by atoms with Gasteiger partial charge in [-0.05, 0) is 49.0 Å². The number of rotatable bonds is 7. The fraction of sp³-hybridized carbons (Fsp3) is 0.632. The highest BCUT2D eigenvalue weighted by molar-refractivity contribution is 5.86. The molecule has 27 heavy (non-hydrogen) atoms. The molecule has 2 rings (SSSR count). The van der Waals surface area contributed by atoms with Crippen LogP contribution >= 0.6 is 0 Å². The minimum Gasteiger partial charge on any atom is -0.272 e. The molecule has 0 unspecified atom stereocenters. The van der Waals surface area contributed by atoms with Gasteiger partial charge in [-0.2, -0.15) is 5.10 Å². The molecule has 0 spiro atoms. The first-order chi connectivity index (χ1) is 12.6. The number of hydrogen-bond donors (Lipinski definition) is 1. The fourth-order valence-corrected chi connectivity index (χ4v) is 3.98. The first kappa shape index (κ1) is 20.8. The molecule has 8 heteroatoms. The Bertz CT molecular complexity index is 745. The molecule has 1 aliphatic carbocycles. The molecule has 0 aromatic heterocycles. The molecule has 1 aromatic rings. The van der Waals surface area contributed by atoms with Crippen LogP contribution in [0, 0.1) is 37.5 Å². The number of nitro groups is 2. The minimum absolute atomic E-state index is 0.167. The number of hydrazone groups is 1. The van der Waals surface area contributed by atoms with Crippen LogP contribution in [0.4, 0.5) is 17.1 Å². The van der Waals surface area contributed by atoms with E-state index in [2.05, 4.69) is 38.2 Å². The van der Waals surface area contributed by atoms with E-state index in [0.717, 1.165) is 43.9 Å². The number of non-ortho nitro benzene ring substituents is 1. The first-order valence-electron chi connectivity index (χ1n) is 9.38. The Morgan fingerprint density at radius 1 is 1.22 bits per heavy atom. The summed E-state index contributed by atoms with van der Waals surface area (Å²) in [6.07, 6.45) is 5.16. The second-order valence-electron chi connectivity index (χ2n) is 8.19. The van der Waals surface area contributed by atoms with Gasteiger partial charge >= 0.3 is 5.69 Å². The molecule has 8 nitrogen and oxygen atoms in total. The molecular weight excluding hydrogens is 348 g/mol. The Morgan fingerprint density at radius 3 is 2.52 bits per heavy atom. The Kier molecular flexibility index (Phi) is 6.51. The Hall–Kier alpha value is -2.51. The van der Waals surface area contributed by atoms with Crippen molar-refractivity contribution in [3.8, 4) is 0 Å². The van der Waals surface area contributed by atoms with Gasteiger partial charge in [0.25, 0.3) is 5.69 Å². The standard InChI is InChI=1S/C19H28N4O4/c1-5-8-19(3,4)14-9-13(2)10-15(11-14)20-21-17-7-6-16(22(24)25)12-18(17)23(26)27/h6-7,12-14,21H,5,8-11H2,1-4H3/b20-15+/t13-,14+/m1/s1. The quantitative estimate of drug-likeness (QED) is 0.496. The molecule has 0 heterocycles. The largest absolute Gasteiger partial charge is 0.301 e. The summed E-state index contributed by atoms with van der Waals surface area (Å²) >= 11 is 0. The van der Waals surface area contributed by atoms with Crippen molar-refractivity contribution in [2.45, 2.75) is 59.8 Å². The molecule has 2 atom stereocenters. The van der Waals surface area contributed by atoms with E-state index < -0.39 is 9.85 Å². The number of nitrogens with zero attached hydrogens (tertiary/aromatic N) is 3. The van der Waals surface area contributed by atoms with Crippen molar-refractivity contribution in [2.75, 3.05) is 5.43 Å². The van der Waals surface area contributed by atoms with Gasteiger partial charge in [0.15, 0.2) is 0 Å². The van der Waals surface area contributed by atoms with Gasteiger partial charge in [-0.15, -0.1) is 0 Å². The molecule has 0 amide bonds. The second kappa shape index (κ2) is 8.45. The van der Waals surface area contributed by atoms with Crippen molar-refractivity contribution in [3.63, 3.8) is 0 Å². The van der Waals surface area contributed by atoms with Crippen molar-refractivity contribution >= 4 is 22.8 Å². The van der Waals surface area contributed by atoms with E-state index in [1.807, 2.05) is 0 Å². The highest BCUT2D eigenvalue weighted by atomic mass is 16.6. The molecular formula is C19H28N4O4. The second-order valence-corrected chi connectivity index (χ2v) is 8.19. The third kappa shape index (κ3) is 5.24. The maximum absolute atomic E-state index is 11.2. The van der Waals surface area contributed by atoms with Crippen LogP contribution < -0.4 is 5.43 Å². The van der Waals surface area contributed by atoms with E-state index >= 15 is 0 Å². The smallest absolute Gasteiger partial charge is 0.272 e. The SMILES string of the molecule is CCCC(C)(C)[C@@H]1C/C(=N/Nc2ccc([N+](=O)[O-])cc2[N+](=O)[O-])C[C@H](C)C1. The van der Waals surface area contributed by atoms with Gasteiger partial charge < -0.3 is 0 Å². The molecule has 0 radical (unpaired) electrons. The monoisotopic (exact) mass is 376 g/mol. The summed E-state index contributed by atoms with van der Waals surface area (Å²) in [5.41, 5.74) is 3.51. The van der Waals surface area contributed by atoms with Crippen LogP contribution in [0.15, 0.2) is 23.3 Å². The summed E-state index contributed by atoms with van der Waals surface area (Å²) in [4.78, 5) is 20.8. The highest BCUT2D eigenvalue weighted by Gasteiger charge is 2.34. The van der Waals surface area contributed by atoms with E-state index in [4.69, 9.17) is 0 Å². The van der Waals surface area contributed by atoms with E-state index in [9.17, 15) is 20.2 Å². The molecule has 0 saturated heterocycles. The first-order valence-corrected chi connectivity index (χ1v) is 9.38. The molecule has 0 bridgehead atoms.